The van der Waals surface area contributed by atoms with Gasteiger partial charge in [0.1, 0.15) is 6.04 Å². The Kier molecular flexibility index (Phi) is 5.68. The second-order valence-corrected chi connectivity index (χ2v) is 5.43. The van der Waals surface area contributed by atoms with E-state index in [2.05, 4.69) is 17.6 Å². The zero-order valence-corrected chi connectivity index (χ0v) is 13.2. The van der Waals surface area contributed by atoms with Crippen LogP contribution in [0.3, 0.4) is 0 Å². The highest BCUT2D eigenvalue weighted by Crippen LogP contribution is 2.15. The van der Waals surface area contributed by atoms with Gasteiger partial charge >= 0.3 is 0 Å². The first kappa shape index (κ1) is 16.9. The minimum absolute atomic E-state index is 0.223. The number of rotatable bonds is 6. The van der Waals surface area contributed by atoms with Gasteiger partial charge in [-0.25, -0.2) is 8.78 Å². The van der Waals surface area contributed by atoms with E-state index >= 15 is 0 Å². The fourth-order valence-electron chi connectivity index (χ4n) is 2.20. The summed E-state index contributed by atoms with van der Waals surface area (Å²) in [6, 6.07) is 10.6. The SMILES string of the molecule is CCCc1ccc(N[C@H](C)C(=O)Nc2ccc(F)c(F)c2)cc1. The molecule has 0 spiro atoms. The van der Waals surface area contributed by atoms with Crippen molar-refractivity contribution in [1.29, 1.82) is 0 Å². The number of aryl methyl sites for hydroxylation is 1. The van der Waals surface area contributed by atoms with Crippen molar-refractivity contribution in [3.05, 3.63) is 59.7 Å². The molecule has 2 aromatic carbocycles. The number of amides is 1. The van der Waals surface area contributed by atoms with Gasteiger partial charge in [-0.2, -0.15) is 0 Å². The smallest absolute Gasteiger partial charge is 0.246 e. The van der Waals surface area contributed by atoms with Crippen LogP contribution in [0, 0.1) is 11.6 Å². The zero-order valence-electron chi connectivity index (χ0n) is 13.2. The molecule has 0 aromatic heterocycles. The molecular weight excluding hydrogens is 298 g/mol. The monoisotopic (exact) mass is 318 g/mol. The molecule has 0 aliphatic rings. The molecule has 1 amide bonds. The average Bonchev–Trinajstić information content (AvgIpc) is 2.53. The molecule has 0 aliphatic carbocycles. The summed E-state index contributed by atoms with van der Waals surface area (Å²) in [7, 11) is 0. The Labute approximate surface area is 134 Å². The van der Waals surface area contributed by atoms with Crippen molar-refractivity contribution < 1.29 is 13.6 Å². The van der Waals surface area contributed by atoms with Crippen LogP contribution in [-0.2, 0) is 11.2 Å². The molecule has 2 rings (SSSR count). The maximum Gasteiger partial charge on any atom is 0.246 e. The Morgan fingerprint density at radius 1 is 1.04 bits per heavy atom. The van der Waals surface area contributed by atoms with E-state index in [9.17, 15) is 13.6 Å². The molecule has 0 saturated carbocycles. The summed E-state index contributed by atoms with van der Waals surface area (Å²) in [6.07, 6.45) is 2.10. The number of benzene rings is 2. The van der Waals surface area contributed by atoms with Crippen LogP contribution in [0.15, 0.2) is 42.5 Å². The zero-order chi connectivity index (χ0) is 16.8. The average molecular weight is 318 g/mol. The van der Waals surface area contributed by atoms with E-state index in [0.717, 1.165) is 30.7 Å². The van der Waals surface area contributed by atoms with Crippen LogP contribution >= 0.6 is 0 Å². The van der Waals surface area contributed by atoms with Crippen LogP contribution in [-0.4, -0.2) is 11.9 Å². The molecule has 0 bridgehead atoms. The van der Waals surface area contributed by atoms with Crippen LogP contribution in [0.1, 0.15) is 25.8 Å². The second kappa shape index (κ2) is 7.72. The van der Waals surface area contributed by atoms with E-state index in [-0.39, 0.29) is 11.6 Å². The minimum Gasteiger partial charge on any atom is -0.374 e. The Morgan fingerprint density at radius 3 is 2.30 bits per heavy atom. The van der Waals surface area contributed by atoms with Gasteiger partial charge in [-0.1, -0.05) is 25.5 Å². The Hall–Kier alpha value is -2.43. The van der Waals surface area contributed by atoms with E-state index in [0.29, 0.717) is 0 Å². The molecule has 0 unspecified atom stereocenters. The number of carbonyl (C=O) groups excluding carboxylic acids is 1. The predicted octanol–water partition coefficient (Wildman–Crippen LogP) is 4.36. The summed E-state index contributed by atoms with van der Waals surface area (Å²) in [6.45, 7) is 3.83. The summed E-state index contributed by atoms with van der Waals surface area (Å²) in [5.74, 6) is -2.26. The van der Waals surface area contributed by atoms with Crippen LogP contribution in [0.5, 0.6) is 0 Å². The molecule has 2 N–H and O–H groups in total. The quantitative estimate of drug-likeness (QED) is 0.831. The molecule has 0 saturated heterocycles. The standard InChI is InChI=1S/C18H20F2N2O/c1-3-4-13-5-7-14(8-6-13)21-12(2)18(23)22-15-9-10-16(19)17(20)11-15/h5-12,21H,3-4H2,1-2H3,(H,22,23)/t12-/m1/s1. The van der Waals surface area contributed by atoms with Crippen molar-refractivity contribution in [1.82, 2.24) is 0 Å². The lowest BCUT2D eigenvalue weighted by molar-refractivity contribution is -0.116. The largest absolute Gasteiger partial charge is 0.374 e. The Bertz CT molecular complexity index is 671. The maximum absolute atomic E-state index is 13.1. The van der Waals surface area contributed by atoms with E-state index < -0.39 is 17.7 Å². The molecule has 23 heavy (non-hydrogen) atoms. The normalized spacial score (nSPS) is 11.8. The molecular formula is C18H20F2N2O. The van der Waals surface area contributed by atoms with E-state index in [1.54, 1.807) is 6.92 Å². The second-order valence-electron chi connectivity index (χ2n) is 5.43. The highest BCUT2D eigenvalue weighted by Gasteiger charge is 2.13. The molecule has 3 nitrogen and oxygen atoms in total. The molecule has 1 atom stereocenters. The first-order valence-corrected chi connectivity index (χ1v) is 7.61. The van der Waals surface area contributed by atoms with Gasteiger partial charge in [0.2, 0.25) is 5.91 Å². The molecule has 2 aromatic rings. The van der Waals surface area contributed by atoms with E-state index in [1.807, 2.05) is 24.3 Å². The van der Waals surface area contributed by atoms with E-state index in [4.69, 9.17) is 0 Å². The van der Waals surface area contributed by atoms with Gasteiger partial charge in [-0.15, -0.1) is 0 Å². The lowest BCUT2D eigenvalue weighted by atomic mass is 10.1. The molecule has 0 radical (unpaired) electrons. The summed E-state index contributed by atoms with van der Waals surface area (Å²) in [4.78, 5) is 12.1. The summed E-state index contributed by atoms with van der Waals surface area (Å²) < 4.78 is 26.0. The van der Waals surface area contributed by atoms with Gasteiger partial charge in [0.25, 0.3) is 0 Å². The van der Waals surface area contributed by atoms with Crippen LogP contribution in [0.25, 0.3) is 0 Å². The molecule has 0 fully saturated rings. The van der Waals surface area contributed by atoms with E-state index in [1.165, 1.54) is 11.6 Å². The van der Waals surface area contributed by atoms with Crippen molar-refractivity contribution in [3.63, 3.8) is 0 Å². The fourth-order valence-corrected chi connectivity index (χ4v) is 2.20. The third-order valence-corrected chi connectivity index (χ3v) is 3.46. The number of carbonyl (C=O) groups is 1. The highest BCUT2D eigenvalue weighted by molar-refractivity contribution is 5.96. The van der Waals surface area contributed by atoms with Gasteiger partial charge in [0, 0.05) is 17.4 Å². The third-order valence-electron chi connectivity index (χ3n) is 3.46. The van der Waals surface area contributed by atoms with Gasteiger partial charge in [-0.05, 0) is 43.2 Å². The van der Waals surface area contributed by atoms with Crippen molar-refractivity contribution >= 4 is 17.3 Å². The maximum atomic E-state index is 13.1. The lowest BCUT2D eigenvalue weighted by Crippen LogP contribution is -2.31. The first-order chi connectivity index (χ1) is 11.0. The molecule has 5 heteroatoms. The molecule has 0 heterocycles. The fraction of sp³-hybridized carbons (Fsp3) is 0.278. The van der Waals surface area contributed by atoms with Crippen molar-refractivity contribution in [3.8, 4) is 0 Å². The Morgan fingerprint density at radius 2 is 1.70 bits per heavy atom. The highest BCUT2D eigenvalue weighted by atomic mass is 19.2. The van der Waals surface area contributed by atoms with Crippen LogP contribution < -0.4 is 10.6 Å². The van der Waals surface area contributed by atoms with Gasteiger partial charge in [0.15, 0.2) is 11.6 Å². The lowest BCUT2D eigenvalue weighted by Gasteiger charge is -2.15. The van der Waals surface area contributed by atoms with Crippen molar-refractivity contribution in [2.45, 2.75) is 32.7 Å². The van der Waals surface area contributed by atoms with Crippen molar-refractivity contribution in [2.75, 3.05) is 10.6 Å². The molecule has 122 valence electrons. The summed E-state index contributed by atoms with van der Waals surface area (Å²) in [5.41, 5.74) is 2.30. The number of hydrogen-bond acceptors (Lipinski definition) is 2. The van der Waals surface area contributed by atoms with Gasteiger partial charge in [0.05, 0.1) is 0 Å². The van der Waals surface area contributed by atoms with Crippen molar-refractivity contribution in [2.24, 2.45) is 0 Å². The minimum atomic E-state index is -0.991. The summed E-state index contributed by atoms with van der Waals surface area (Å²) >= 11 is 0. The number of anilines is 2. The third kappa shape index (κ3) is 4.77. The number of hydrogen-bond donors (Lipinski definition) is 2. The first-order valence-electron chi connectivity index (χ1n) is 7.61. The number of nitrogens with one attached hydrogen (secondary N) is 2. The Balaban J connectivity index is 1.95. The predicted molar refractivity (Wildman–Crippen MR) is 88.5 cm³/mol. The van der Waals surface area contributed by atoms with Gasteiger partial charge < -0.3 is 10.6 Å². The van der Waals surface area contributed by atoms with Crippen LogP contribution in [0.2, 0.25) is 0 Å². The number of halogens is 2. The topological polar surface area (TPSA) is 41.1 Å². The van der Waals surface area contributed by atoms with Gasteiger partial charge in [-0.3, -0.25) is 4.79 Å². The molecule has 0 aliphatic heterocycles. The summed E-state index contributed by atoms with van der Waals surface area (Å²) in [5, 5.41) is 5.63. The van der Waals surface area contributed by atoms with Crippen LogP contribution in [0.4, 0.5) is 20.2 Å².